The number of aromatic nitrogens is 4. The standard InChI is InChI=1S/C28H35N7OS.C13H14ClN3OS/c1-33(2)20-7-9-35(10-8-20)23-12-19-15-29-14-18(19)11-22(23)32-26-25-21-6-5-17(28(36)34(3)4)13-24(21)37-27(25)31-16-30-26;1-17(2)13(18)7-3-4-8-9(5-7)19-12-10(8)11(14)15-6-16-12/h11-12,14,16-17,20H,5-10,13,15H2,1-4H3,(H,30,31,32);6-7H,3-5H2,1-2H3/t17-;7-/m00/s1. The molecule has 0 radical (unpaired) electrons. The highest BCUT2D eigenvalue weighted by Gasteiger charge is 2.32. The number of halogens is 1. The molecule has 0 spiro atoms. The molecule has 1 fully saturated rings. The Labute approximate surface area is 341 Å². The van der Waals surface area contributed by atoms with Crippen molar-refractivity contribution >= 4 is 89.9 Å². The predicted molar refractivity (Wildman–Crippen MR) is 228 cm³/mol. The average molecular weight is 813 g/mol. The second kappa shape index (κ2) is 16.0. The van der Waals surface area contributed by atoms with Crippen LogP contribution in [0.2, 0.25) is 5.15 Å². The van der Waals surface area contributed by atoms with Crippen molar-refractivity contribution in [1.82, 2.24) is 34.6 Å². The molecule has 294 valence electrons. The van der Waals surface area contributed by atoms with Crippen LogP contribution in [-0.4, -0.2) is 114 Å². The van der Waals surface area contributed by atoms with Crippen molar-refractivity contribution in [1.29, 1.82) is 0 Å². The predicted octanol–water partition coefficient (Wildman–Crippen LogP) is 6.63. The summed E-state index contributed by atoms with van der Waals surface area (Å²) in [6.45, 7) is 2.82. The van der Waals surface area contributed by atoms with Crippen molar-refractivity contribution in [3.8, 4) is 0 Å². The minimum atomic E-state index is 0.0487. The third-order valence-corrected chi connectivity index (χ3v) is 14.4. The van der Waals surface area contributed by atoms with Gasteiger partial charge in [0.05, 0.1) is 28.7 Å². The fraction of sp³-hybridized carbons (Fsp3) is 0.488. The summed E-state index contributed by atoms with van der Waals surface area (Å²) in [5.74, 6) is 1.42. The third-order valence-electron chi connectivity index (χ3n) is 11.8. The molecule has 2 atom stereocenters. The molecular weight excluding hydrogens is 764 g/mol. The lowest BCUT2D eigenvalue weighted by atomic mass is 9.87. The van der Waals surface area contributed by atoms with Crippen molar-refractivity contribution in [2.24, 2.45) is 16.8 Å². The van der Waals surface area contributed by atoms with Gasteiger partial charge >= 0.3 is 0 Å². The summed E-state index contributed by atoms with van der Waals surface area (Å²) in [4.78, 5) is 59.6. The van der Waals surface area contributed by atoms with Gasteiger partial charge in [0.15, 0.2) is 0 Å². The summed E-state index contributed by atoms with van der Waals surface area (Å²) in [6.07, 6.45) is 12.5. The fourth-order valence-corrected chi connectivity index (χ4v) is 11.5. The number of aliphatic imine (C=N–C) groups is 1. The summed E-state index contributed by atoms with van der Waals surface area (Å²) in [5.41, 5.74) is 7.32. The lowest BCUT2D eigenvalue weighted by molar-refractivity contribution is -0.134. The van der Waals surface area contributed by atoms with Gasteiger partial charge in [-0.2, -0.15) is 0 Å². The van der Waals surface area contributed by atoms with Gasteiger partial charge in [-0.25, -0.2) is 19.9 Å². The van der Waals surface area contributed by atoms with Crippen LogP contribution in [0.1, 0.15) is 57.7 Å². The second-order valence-corrected chi connectivity index (χ2v) is 18.5. The number of hydrogen-bond donors (Lipinski definition) is 1. The van der Waals surface area contributed by atoms with Crippen molar-refractivity contribution in [3.63, 3.8) is 0 Å². The van der Waals surface area contributed by atoms with E-state index in [2.05, 4.69) is 61.3 Å². The van der Waals surface area contributed by atoms with Gasteiger partial charge in [-0.1, -0.05) is 11.6 Å². The van der Waals surface area contributed by atoms with Gasteiger partial charge in [0.1, 0.15) is 33.3 Å². The van der Waals surface area contributed by atoms with E-state index in [1.807, 2.05) is 34.4 Å². The summed E-state index contributed by atoms with van der Waals surface area (Å²) in [6, 6.07) is 5.18. The molecule has 9 rings (SSSR count). The van der Waals surface area contributed by atoms with Crippen molar-refractivity contribution in [2.75, 3.05) is 65.6 Å². The summed E-state index contributed by atoms with van der Waals surface area (Å²) < 4.78 is 0. The summed E-state index contributed by atoms with van der Waals surface area (Å²) >= 11 is 9.52. The maximum atomic E-state index is 12.6. The van der Waals surface area contributed by atoms with Crippen molar-refractivity contribution in [2.45, 2.75) is 64.0 Å². The Morgan fingerprint density at radius 3 is 1.98 bits per heavy atom. The normalized spacial score (nSPS) is 19.0. The summed E-state index contributed by atoms with van der Waals surface area (Å²) in [5, 5.41) is 6.36. The lowest BCUT2D eigenvalue weighted by Gasteiger charge is -2.37. The van der Waals surface area contributed by atoms with E-state index in [9.17, 15) is 9.59 Å². The molecule has 1 aromatic carbocycles. The number of nitrogens with one attached hydrogen (secondary N) is 1. The van der Waals surface area contributed by atoms with E-state index in [0.29, 0.717) is 11.2 Å². The largest absolute Gasteiger partial charge is 0.370 e. The quantitative estimate of drug-likeness (QED) is 0.188. The number of carbonyl (C=O) groups excluding carboxylic acids is 2. The molecule has 2 aliphatic carbocycles. The molecular formula is C41H49ClN10O2S2. The Balaban J connectivity index is 0.000000194. The molecule has 1 saturated heterocycles. The number of nitrogens with zero attached hydrogens (tertiary/aromatic N) is 9. The molecule has 1 N–H and O–H groups in total. The maximum Gasteiger partial charge on any atom is 0.225 e. The average Bonchev–Trinajstić information content (AvgIpc) is 3.92. The van der Waals surface area contributed by atoms with Gasteiger partial charge in [0.2, 0.25) is 11.8 Å². The molecule has 15 heteroatoms. The van der Waals surface area contributed by atoms with Crippen LogP contribution in [0.5, 0.6) is 0 Å². The Morgan fingerprint density at radius 1 is 0.786 bits per heavy atom. The highest BCUT2D eigenvalue weighted by molar-refractivity contribution is 7.19. The molecule has 4 aromatic heterocycles. The number of rotatable bonds is 6. The highest BCUT2D eigenvalue weighted by Crippen LogP contribution is 2.43. The molecule has 4 aliphatic rings. The van der Waals surface area contributed by atoms with Gasteiger partial charge < -0.3 is 24.9 Å². The molecule has 0 unspecified atom stereocenters. The van der Waals surface area contributed by atoms with Gasteiger partial charge in [-0.05, 0) is 99.8 Å². The number of anilines is 3. The molecule has 12 nitrogen and oxygen atoms in total. The van der Waals surface area contributed by atoms with Gasteiger partial charge in [-0.15, -0.1) is 22.7 Å². The van der Waals surface area contributed by atoms with Crippen molar-refractivity contribution < 1.29 is 9.59 Å². The van der Waals surface area contributed by atoms with Crippen LogP contribution in [0, 0.1) is 11.8 Å². The number of aryl methyl sites for hydroxylation is 2. The molecule has 2 amide bonds. The molecule has 2 aliphatic heterocycles. The molecule has 0 bridgehead atoms. The van der Waals surface area contributed by atoms with Crippen LogP contribution in [-0.2, 0) is 41.8 Å². The zero-order valence-corrected chi connectivity index (χ0v) is 35.3. The minimum Gasteiger partial charge on any atom is -0.370 e. The second-order valence-electron chi connectivity index (χ2n) is 15.9. The Hall–Kier alpha value is -4.24. The van der Waals surface area contributed by atoms with Gasteiger partial charge in [0, 0.05) is 75.1 Å². The van der Waals surface area contributed by atoms with E-state index in [4.69, 9.17) is 16.6 Å². The maximum absolute atomic E-state index is 12.6. The van der Waals surface area contributed by atoms with E-state index in [-0.39, 0.29) is 23.7 Å². The Morgan fingerprint density at radius 2 is 1.38 bits per heavy atom. The smallest absolute Gasteiger partial charge is 0.225 e. The SMILES string of the molecule is CN(C)C(=O)[C@H]1CCc2c(sc3ncnc(Cl)c23)C1.CN(C)C(=O)[C@H]1CCc2c(sc3ncnc(Nc4cc5c(cc4N4CCC(N(C)C)CC4)CN=C5)c23)C1. The third kappa shape index (κ3) is 7.48. The topological polar surface area (TPSA) is 123 Å². The van der Waals surface area contributed by atoms with Crippen LogP contribution in [0.15, 0.2) is 29.8 Å². The van der Waals surface area contributed by atoms with E-state index < -0.39 is 0 Å². The zero-order valence-electron chi connectivity index (χ0n) is 32.9. The van der Waals surface area contributed by atoms with Crippen LogP contribution in [0.3, 0.4) is 0 Å². The number of benzene rings is 1. The van der Waals surface area contributed by atoms with Crippen LogP contribution in [0.25, 0.3) is 20.4 Å². The first-order valence-electron chi connectivity index (χ1n) is 19.4. The van der Waals surface area contributed by atoms with Crippen molar-refractivity contribution in [3.05, 3.63) is 61.9 Å². The number of thiophene rings is 2. The highest BCUT2D eigenvalue weighted by atomic mass is 35.5. The van der Waals surface area contributed by atoms with E-state index in [1.165, 1.54) is 44.0 Å². The monoisotopic (exact) mass is 812 g/mol. The number of amides is 2. The van der Waals surface area contributed by atoms with Crippen LogP contribution in [0.4, 0.5) is 17.2 Å². The molecule has 6 heterocycles. The Bertz CT molecular complexity index is 2330. The minimum absolute atomic E-state index is 0.0487. The first-order valence-corrected chi connectivity index (χ1v) is 21.4. The Kier molecular flexibility index (Phi) is 11.0. The van der Waals surface area contributed by atoms with Gasteiger partial charge in [-0.3, -0.25) is 14.6 Å². The number of carbonyl (C=O) groups is 2. The summed E-state index contributed by atoms with van der Waals surface area (Å²) in [7, 11) is 11.7. The first-order chi connectivity index (χ1) is 27.0. The molecule has 5 aromatic rings. The zero-order chi connectivity index (χ0) is 39.2. The van der Waals surface area contributed by atoms with Gasteiger partial charge in [0.25, 0.3) is 0 Å². The van der Waals surface area contributed by atoms with E-state index >= 15 is 0 Å². The lowest BCUT2D eigenvalue weighted by Crippen LogP contribution is -2.42. The molecule has 56 heavy (non-hydrogen) atoms. The number of fused-ring (bicyclic) bond motifs is 7. The number of hydrogen-bond acceptors (Lipinski definition) is 12. The first kappa shape index (κ1) is 38.6. The fourth-order valence-electron chi connectivity index (χ4n) is 8.69. The van der Waals surface area contributed by atoms with E-state index in [1.54, 1.807) is 38.8 Å². The molecule has 0 saturated carbocycles. The van der Waals surface area contributed by atoms with Crippen LogP contribution >= 0.6 is 34.3 Å². The van der Waals surface area contributed by atoms with Crippen LogP contribution < -0.4 is 10.2 Å². The number of piperidine rings is 1. The van der Waals surface area contributed by atoms with E-state index in [0.717, 1.165) is 103 Å².